The Morgan fingerprint density at radius 1 is 1.19 bits per heavy atom. The number of halogens is 1. The number of rotatable bonds is 7. The van der Waals surface area contributed by atoms with Gasteiger partial charge in [0.25, 0.3) is 5.91 Å². The number of benzene rings is 1. The van der Waals surface area contributed by atoms with Gasteiger partial charge in [0, 0.05) is 44.9 Å². The minimum absolute atomic E-state index is 0.106. The van der Waals surface area contributed by atoms with E-state index in [0.29, 0.717) is 45.9 Å². The molecule has 0 spiro atoms. The Kier molecular flexibility index (Phi) is 5.63. The lowest BCUT2D eigenvalue weighted by Gasteiger charge is -2.09. The van der Waals surface area contributed by atoms with Gasteiger partial charge in [-0.05, 0) is 18.2 Å². The van der Waals surface area contributed by atoms with E-state index < -0.39 is 5.82 Å². The molecule has 3 heterocycles. The molecule has 0 aliphatic carbocycles. The van der Waals surface area contributed by atoms with E-state index in [1.165, 1.54) is 23.2 Å². The molecular formula is C21H20FN5O4. The van der Waals surface area contributed by atoms with E-state index in [-0.39, 0.29) is 18.3 Å². The Hall–Kier alpha value is -3.79. The maximum Gasteiger partial charge on any atom is 0.254 e. The summed E-state index contributed by atoms with van der Waals surface area (Å²) >= 11 is 0. The van der Waals surface area contributed by atoms with Crippen LogP contribution < -0.4 is 4.74 Å². The van der Waals surface area contributed by atoms with Gasteiger partial charge in [0.15, 0.2) is 17.3 Å². The Morgan fingerprint density at radius 2 is 2.03 bits per heavy atom. The highest BCUT2D eigenvalue weighted by Gasteiger charge is 2.18. The summed E-state index contributed by atoms with van der Waals surface area (Å²) in [4.78, 5) is 17.8. The Bertz CT molecular complexity index is 1220. The van der Waals surface area contributed by atoms with Crippen LogP contribution >= 0.6 is 0 Å². The first-order valence-corrected chi connectivity index (χ1v) is 9.42. The lowest BCUT2D eigenvalue weighted by atomic mass is 10.1. The number of hydrogen-bond donors (Lipinski definition) is 1. The molecule has 0 atom stereocenters. The average molecular weight is 425 g/mol. The minimum Gasteiger partial charge on any atom is -0.488 e. The van der Waals surface area contributed by atoms with Crippen LogP contribution in [0.1, 0.15) is 10.4 Å². The predicted molar refractivity (Wildman–Crippen MR) is 110 cm³/mol. The molecule has 1 amide bonds. The van der Waals surface area contributed by atoms with Crippen LogP contribution in [0.2, 0.25) is 0 Å². The van der Waals surface area contributed by atoms with Gasteiger partial charge in [0.1, 0.15) is 18.0 Å². The van der Waals surface area contributed by atoms with Gasteiger partial charge in [0.2, 0.25) is 0 Å². The summed E-state index contributed by atoms with van der Waals surface area (Å²) in [6.45, 7) is 0.585. The van der Waals surface area contributed by atoms with E-state index in [1.54, 1.807) is 39.4 Å². The molecule has 0 unspecified atom stereocenters. The summed E-state index contributed by atoms with van der Waals surface area (Å²) in [6, 6.07) is 7.88. The van der Waals surface area contributed by atoms with Crippen molar-refractivity contribution in [2.24, 2.45) is 0 Å². The highest BCUT2D eigenvalue weighted by molar-refractivity contribution is 5.94. The number of methoxy groups -OCH3 is 1. The minimum atomic E-state index is -0.520. The molecule has 1 aromatic carbocycles. The van der Waals surface area contributed by atoms with Crippen LogP contribution in [0.4, 0.5) is 4.39 Å². The molecular weight excluding hydrogens is 405 g/mol. The van der Waals surface area contributed by atoms with Crippen LogP contribution in [-0.4, -0.2) is 65.6 Å². The van der Waals surface area contributed by atoms with Gasteiger partial charge in [-0.15, -0.1) is 0 Å². The second-order valence-corrected chi connectivity index (χ2v) is 6.95. The normalized spacial score (nSPS) is 11.1. The number of nitrogens with one attached hydrogen (secondary N) is 1. The number of fused-ring (bicyclic) bond motifs is 1. The largest absolute Gasteiger partial charge is 0.488 e. The quantitative estimate of drug-likeness (QED) is 0.453. The number of pyridine rings is 1. The molecule has 0 bridgehead atoms. The van der Waals surface area contributed by atoms with Crippen molar-refractivity contribution in [1.82, 2.24) is 25.2 Å². The van der Waals surface area contributed by atoms with E-state index in [1.807, 2.05) is 0 Å². The molecule has 0 saturated carbocycles. The van der Waals surface area contributed by atoms with Gasteiger partial charge in [-0.1, -0.05) is 5.16 Å². The molecule has 10 heteroatoms. The molecule has 0 aliphatic rings. The second-order valence-electron chi connectivity index (χ2n) is 6.95. The molecule has 3 aromatic heterocycles. The highest BCUT2D eigenvalue weighted by atomic mass is 19.1. The monoisotopic (exact) mass is 425 g/mol. The van der Waals surface area contributed by atoms with Crippen LogP contribution in [0.15, 0.2) is 41.1 Å². The molecule has 0 radical (unpaired) electrons. The zero-order valence-electron chi connectivity index (χ0n) is 17.2. The fourth-order valence-electron chi connectivity index (χ4n) is 2.99. The van der Waals surface area contributed by atoms with Gasteiger partial charge in [-0.3, -0.25) is 14.9 Å². The van der Waals surface area contributed by atoms with Crippen molar-refractivity contribution in [2.45, 2.75) is 0 Å². The molecule has 0 saturated heterocycles. The topological polar surface area (TPSA) is 106 Å². The molecule has 1 N–H and O–H groups in total. The molecule has 0 aliphatic heterocycles. The number of aromatic amines is 1. The molecule has 9 nitrogen and oxygen atoms in total. The van der Waals surface area contributed by atoms with Crippen LogP contribution in [0.25, 0.3) is 33.7 Å². The zero-order chi connectivity index (χ0) is 22.0. The Labute approximate surface area is 176 Å². The standard InChI is InChI=1S/C21H20FN5O4/c1-27(2)21(28)12-4-5-15(23-11-12)17-10-19(31-26-17)20-13-8-14(22)18(30-7-6-29-3)9-16(13)24-25-20/h4-5,8-11H,6-7H2,1-3H3,(H,24,25). The van der Waals surface area contributed by atoms with E-state index >= 15 is 0 Å². The Balaban J connectivity index is 1.60. The van der Waals surface area contributed by atoms with E-state index in [0.717, 1.165) is 0 Å². The summed E-state index contributed by atoms with van der Waals surface area (Å²) < 4.78 is 30.2. The smallest absolute Gasteiger partial charge is 0.254 e. The van der Waals surface area contributed by atoms with Gasteiger partial charge in [0.05, 0.1) is 23.4 Å². The van der Waals surface area contributed by atoms with Gasteiger partial charge >= 0.3 is 0 Å². The highest BCUT2D eigenvalue weighted by Crippen LogP contribution is 2.32. The van der Waals surface area contributed by atoms with Crippen molar-refractivity contribution in [3.63, 3.8) is 0 Å². The predicted octanol–water partition coefficient (Wildman–Crippen LogP) is 3.15. The maximum atomic E-state index is 14.5. The number of carbonyl (C=O) groups excluding carboxylic acids is 1. The first kappa shape index (κ1) is 20.5. The summed E-state index contributed by atoms with van der Waals surface area (Å²) in [5.41, 5.74) is 2.47. The number of carbonyl (C=O) groups is 1. The van der Waals surface area contributed by atoms with Crippen LogP contribution in [0.3, 0.4) is 0 Å². The molecule has 4 rings (SSSR count). The van der Waals surface area contributed by atoms with Gasteiger partial charge < -0.3 is 18.9 Å². The van der Waals surface area contributed by atoms with Crippen LogP contribution in [-0.2, 0) is 4.74 Å². The fraction of sp³-hybridized carbons (Fsp3) is 0.238. The molecule has 160 valence electrons. The molecule has 31 heavy (non-hydrogen) atoms. The third-order valence-electron chi connectivity index (χ3n) is 4.58. The third kappa shape index (κ3) is 4.10. The average Bonchev–Trinajstić information content (AvgIpc) is 3.40. The van der Waals surface area contributed by atoms with Crippen molar-refractivity contribution >= 4 is 16.8 Å². The van der Waals surface area contributed by atoms with Gasteiger partial charge in [-0.2, -0.15) is 5.10 Å². The summed E-state index contributed by atoms with van der Waals surface area (Å²) in [5.74, 6) is -0.206. The lowest BCUT2D eigenvalue weighted by Crippen LogP contribution is -2.21. The summed E-state index contributed by atoms with van der Waals surface area (Å²) in [7, 11) is 4.89. The first-order chi connectivity index (χ1) is 15.0. The fourth-order valence-corrected chi connectivity index (χ4v) is 2.99. The number of hydrogen-bond acceptors (Lipinski definition) is 7. The van der Waals surface area contributed by atoms with Crippen molar-refractivity contribution in [3.8, 4) is 28.6 Å². The molecule has 4 aromatic rings. The molecule has 0 fully saturated rings. The summed E-state index contributed by atoms with van der Waals surface area (Å²) in [5, 5.41) is 11.6. The van der Waals surface area contributed by atoms with E-state index in [9.17, 15) is 9.18 Å². The van der Waals surface area contributed by atoms with Crippen molar-refractivity contribution in [3.05, 3.63) is 47.9 Å². The first-order valence-electron chi connectivity index (χ1n) is 9.42. The van der Waals surface area contributed by atoms with Crippen LogP contribution in [0.5, 0.6) is 5.75 Å². The van der Waals surface area contributed by atoms with Crippen molar-refractivity contribution < 1.29 is 23.2 Å². The number of amides is 1. The van der Waals surface area contributed by atoms with E-state index in [2.05, 4.69) is 20.3 Å². The summed E-state index contributed by atoms with van der Waals surface area (Å²) in [6.07, 6.45) is 1.48. The van der Waals surface area contributed by atoms with Crippen LogP contribution in [0, 0.1) is 5.82 Å². The number of ether oxygens (including phenoxy) is 2. The van der Waals surface area contributed by atoms with Crippen molar-refractivity contribution in [2.75, 3.05) is 34.4 Å². The lowest BCUT2D eigenvalue weighted by molar-refractivity contribution is 0.0827. The van der Waals surface area contributed by atoms with E-state index in [4.69, 9.17) is 14.0 Å². The number of aromatic nitrogens is 4. The third-order valence-corrected chi connectivity index (χ3v) is 4.58. The second kappa shape index (κ2) is 8.52. The number of nitrogens with zero attached hydrogens (tertiary/aromatic N) is 4. The van der Waals surface area contributed by atoms with Gasteiger partial charge in [-0.25, -0.2) is 4.39 Å². The Morgan fingerprint density at radius 3 is 2.74 bits per heavy atom. The SMILES string of the molecule is COCCOc1cc2[nH]nc(-c3cc(-c4ccc(C(=O)N(C)C)cn4)no3)c2cc1F. The zero-order valence-corrected chi connectivity index (χ0v) is 17.2. The van der Waals surface area contributed by atoms with Crippen molar-refractivity contribution in [1.29, 1.82) is 0 Å². The maximum absolute atomic E-state index is 14.5. The number of H-pyrrole nitrogens is 1.